The number of nitrogens with two attached hydrogens (primary N) is 1. The second kappa shape index (κ2) is 5.10. The van der Waals surface area contributed by atoms with Crippen molar-refractivity contribution in [2.45, 2.75) is 12.5 Å². The summed E-state index contributed by atoms with van der Waals surface area (Å²) < 4.78 is 19.1. The number of ether oxygens (including phenoxy) is 1. The second-order valence-corrected chi connectivity index (χ2v) is 4.32. The highest BCUT2D eigenvalue weighted by atomic mass is 35.5. The van der Waals surface area contributed by atoms with Crippen LogP contribution >= 0.6 is 11.6 Å². The fourth-order valence-corrected chi connectivity index (χ4v) is 2.24. The molecule has 0 bridgehead atoms. The van der Waals surface area contributed by atoms with Crippen molar-refractivity contribution in [2.75, 3.05) is 13.2 Å². The van der Waals surface area contributed by atoms with E-state index < -0.39 is 5.82 Å². The molecule has 1 aliphatic rings. The zero-order chi connectivity index (χ0) is 11.5. The van der Waals surface area contributed by atoms with E-state index in [0.717, 1.165) is 6.42 Å². The van der Waals surface area contributed by atoms with Gasteiger partial charge in [-0.1, -0.05) is 23.7 Å². The summed E-state index contributed by atoms with van der Waals surface area (Å²) >= 11 is 5.75. The first kappa shape index (κ1) is 11.8. The minimum absolute atomic E-state index is 0.122. The minimum Gasteiger partial charge on any atom is -0.381 e. The van der Waals surface area contributed by atoms with Crippen LogP contribution in [0.15, 0.2) is 18.2 Å². The topological polar surface area (TPSA) is 47.3 Å². The molecule has 5 heteroatoms. The summed E-state index contributed by atoms with van der Waals surface area (Å²) in [6, 6.07) is 4.70. The first-order chi connectivity index (χ1) is 7.74. The molecule has 1 aromatic carbocycles. The molecule has 0 radical (unpaired) electrons. The molecular formula is C11H14ClFN2O. The van der Waals surface area contributed by atoms with Crippen LogP contribution in [-0.4, -0.2) is 13.2 Å². The van der Waals surface area contributed by atoms with Crippen LogP contribution < -0.4 is 11.3 Å². The highest BCUT2D eigenvalue weighted by Gasteiger charge is 2.28. The molecule has 2 rings (SSSR count). The largest absolute Gasteiger partial charge is 0.381 e. The maximum atomic E-state index is 13.8. The van der Waals surface area contributed by atoms with Crippen LogP contribution in [0.1, 0.15) is 18.0 Å². The molecule has 0 spiro atoms. The van der Waals surface area contributed by atoms with Gasteiger partial charge in [0.1, 0.15) is 5.82 Å². The Hall–Kier alpha value is -0.680. The average Bonchev–Trinajstić information content (AvgIpc) is 2.79. The molecule has 2 atom stereocenters. The summed E-state index contributed by atoms with van der Waals surface area (Å²) in [5.74, 6) is 5.28. The zero-order valence-corrected chi connectivity index (χ0v) is 9.51. The van der Waals surface area contributed by atoms with Crippen molar-refractivity contribution in [2.24, 2.45) is 11.8 Å². The van der Waals surface area contributed by atoms with Crippen molar-refractivity contribution in [3.8, 4) is 0 Å². The smallest absolute Gasteiger partial charge is 0.146 e. The van der Waals surface area contributed by atoms with Crippen LogP contribution in [0.4, 0.5) is 4.39 Å². The van der Waals surface area contributed by atoms with Gasteiger partial charge in [-0.25, -0.2) is 4.39 Å². The molecule has 1 heterocycles. The Morgan fingerprint density at radius 2 is 2.38 bits per heavy atom. The Labute approximate surface area is 98.7 Å². The van der Waals surface area contributed by atoms with Crippen molar-refractivity contribution < 1.29 is 9.13 Å². The van der Waals surface area contributed by atoms with Crippen LogP contribution in [0.25, 0.3) is 0 Å². The number of rotatable bonds is 3. The average molecular weight is 245 g/mol. The van der Waals surface area contributed by atoms with Gasteiger partial charge in [0.2, 0.25) is 0 Å². The molecule has 1 aromatic rings. The molecule has 0 aromatic heterocycles. The number of hydrogen-bond donors (Lipinski definition) is 2. The van der Waals surface area contributed by atoms with Crippen molar-refractivity contribution >= 4 is 11.6 Å². The maximum Gasteiger partial charge on any atom is 0.146 e. The van der Waals surface area contributed by atoms with E-state index in [9.17, 15) is 4.39 Å². The first-order valence-electron chi connectivity index (χ1n) is 5.22. The molecule has 0 amide bonds. The molecule has 0 aliphatic carbocycles. The Kier molecular flexibility index (Phi) is 3.76. The summed E-state index contributed by atoms with van der Waals surface area (Å²) in [5.41, 5.74) is 3.15. The fraction of sp³-hybridized carbons (Fsp3) is 0.455. The number of hydrogen-bond acceptors (Lipinski definition) is 3. The Morgan fingerprint density at radius 3 is 3.00 bits per heavy atom. The molecule has 88 valence electrons. The molecule has 3 N–H and O–H groups in total. The molecule has 0 saturated carbocycles. The lowest BCUT2D eigenvalue weighted by atomic mass is 9.92. The third-order valence-corrected chi connectivity index (χ3v) is 3.22. The molecule has 1 saturated heterocycles. The van der Waals surface area contributed by atoms with E-state index in [2.05, 4.69) is 5.43 Å². The van der Waals surface area contributed by atoms with Gasteiger partial charge in [-0.2, -0.15) is 0 Å². The van der Waals surface area contributed by atoms with Crippen molar-refractivity contribution in [3.63, 3.8) is 0 Å². The summed E-state index contributed by atoms with van der Waals surface area (Å²) in [7, 11) is 0. The lowest BCUT2D eigenvalue weighted by Gasteiger charge is -2.22. The zero-order valence-electron chi connectivity index (χ0n) is 8.75. The summed E-state index contributed by atoms with van der Waals surface area (Å²) in [5, 5.41) is 0.122. The maximum absolute atomic E-state index is 13.8. The van der Waals surface area contributed by atoms with Gasteiger partial charge >= 0.3 is 0 Å². The van der Waals surface area contributed by atoms with Gasteiger partial charge in [-0.15, -0.1) is 0 Å². The van der Waals surface area contributed by atoms with Crippen LogP contribution in [0, 0.1) is 11.7 Å². The molecular weight excluding hydrogens is 231 g/mol. The van der Waals surface area contributed by atoms with Crippen molar-refractivity contribution in [1.82, 2.24) is 5.43 Å². The van der Waals surface area contributed by atoms with Gasteiger partial charge < -0.3 is 4.74 Å². The monoisotopic (exact) mass is 244 g/mol. The van der Waals surface area contributed by atoms with Gasteiger partial charge in [0.15, 0.2) is 0 Å². The number of benzene rings is 1. The Bertz CT molecular complexity index is 369. The SMILES string of the molecule is NNC(c1cccc(Cl)c1F)C1CCOC1. The highest BCUT2D eigenvalue weighted by Crippen LogP contribution is 2.31. The third-order valence-electron chi connectivity index (χ3n) is 2.93. The minimum atomic E-state index is -0.404. The van der Waals surface area contributed by atoms with Gasteiger partial charge in [0.25, 0.3) is 0 Å². The molecule has 1 fully saturated rings. The fourth-order valence-electron chi connectivity index (χ4n) is 2.06. The molecule has 16 heavy (non-hydrogen) atoms. The third kappa shape index (κ3) is 2.20. The predicted octanol–water partition coefficient (Wildman–Crippen LogP) is 2.02. The first-order valence-corrected chi connectivity index (χ1v) is 5.59. The number of hydrazine groups is 1. The van der Waals surface area contributed by atoms with E-state index in [-0.39, 0.29) is 17.0 Å². The molecule has 2 unspecified atom stereocenters. The lowest BCUT2D eigenvalue weighted by molar-refractivity contribution is 0.176. The van der Waals surface area contributed by atoms with Crippen molar-refractivity contribution in [1.29, 1.82) is 0 Å². The van der Waals surface area contributed by atoms with Crippen molar-refractivity contribution in [3.05, 3.63) is 34.6 Å². The number of halogens is 2. The van der Waals surface area contributed by atoms with Gasteiger partial charge in [-0.3, -0.25) is 11.3 Å². The van der Waals surface area contributed by atoms with E-state index in [1.54, 1.807) is 12.1 Å². The van der Waals surface area contributed by atoms with E-state index in [4.69, 9.17) is 22.2 Å². The van der Waals surface area contributed by atoms with E-state index >= 15 is 0 Å². The quantitative estimate of drug-likeness (QED) is 0.632. The highest BCUT2D eigenvalue weighted by molar-refractivity contribution is 6.30. The van der Waals surface area contributed by atoms with Gasteiger partial charge in [-0.05, 0) is 12.5 Å². The van der Waals surface area contributed by atoms with Crippen LogP contribution in [0.2, 0.25) is 5.02 Å². The Balaban J connectivity index is 2.28. The van der Waals surface area contributed by atoms with Crippen LogP contribution in [0.5, 0.6) is 0 Å². The van der Waals surface area contributed by atoms with Crippen LogP contribution in [0.3, 0.4) is 0 Å². The summed E-state index contributed by atoms with van der Waals surface area (Å²) in [6.45, 7) is 1.30. The second-order valence-electron chi connectivity index (χ2n) is 3.91. The Morgan fingerprint density at radius 1 is 1.56 bits per heavy atom. The van der Waals surface area contributed by atoms with E-state index in [1.165, 1.54) is 6.07 Å². The van der Waals surface area contributed by atoms with E-state index in [1.807, 2.05) is 0 Å². The standard InChI is InChI=1S/C11H14ClFN2O/c12-9-3-1-2-8(10(9)13)11(15-14)7-4-5-16-6-7/h1-3,7,11,15H,4-6,14H2. The van der Waals surface area contributed by atoms with Crippen LogP contribution in [-0.2, 0) is 4.74 Å². The number of nitrogens with one attached hydrogen (secondary N) is 1. The lowest BCUT2D eigenvalue weighted by Crippen LogP contribution is -2.34. The summed E-state index contributed by atoms with van der Waals surface area (Å²) in [4.78, 5) is 0. The molecule has 1 aliphatic heterocycles. The van der Waals surface area contributed by atoms with Gasteiger partial charge in [0.05, 0.1) is 17.7 Å². The molecule has 3 nitrogen and oxygen atoms in total. The van der Waals surface area contributed by atoms with E-state index in [0.29, 0.717) is 18.8 Å². The predicted molar refractivity (Wildman–Crippen MR) is 60.4 cm³/mol. The normalized spacial score (nSPS) is 22.3. The van der Waals surface area contributed by atoms with Gasteiger partial charge in [0, 0.05) is 18.1 Å². The summed E-state index contributed by atoms with van der Waals surface area (Å²) in [6.07, 6.45) is 0.876.